The van der Waals surface area contributed by atoms with Gasteiger partial charge in [0.25, 0.3) is 0 Å². The molecule has 0 spiro atoms. The van der Waals surface area contributed by atoms with Gasteiger partial charge in [0, 0.05) is 18.2 Å². The Morgan fingerprint density at radius 3 is 2.59 bits per heavy atom. The zero-order valence-corrected chi connectivity index (χ0v) is 10.9. The number of para-hydroxylation sites is 1. The maximum absolute atomic E-state index is 9.29. The first kappa shape index (κ1) is 14.0. The predicted octanol–water partition coefficient (Wildman–Crippen LogP) is 2.19. The topological polar surface area (TPSA) is 41.5 Å². The van der Waals surface area contributed by atoms with E-state index in [4.69, 9.17) is 4.74 Å². The highest BCUT2D eigenvalue weighted by atomic mass is 16.5. The molecule has 0 saturated carbocycles. The molecule has 3 heteroatoms. The number of aliphatic hydroxyl groups is 1. The standard InChI is InChI=1S/C14H23NO2/c1-11(2)8-13(10-16)15-9-12-6-4-5-7-14(12)17-3/h4-7,11,13,15-16H,8-10H2,1-3H3. The Morgan fingerprint density at radius 1 is 1.29 bits per heavy atom. The van der Waals surface area contributed by atoms with E-state index in [1.54, 1.807) is 7.11 Å². The summed E-state index contributed by atoms with van der Waals surface area (Å²) in [6.07, 6.45) is 0.978. The van der Waals surface area contributed by atoms with Crippen molar-refractivity contribution < 1.29 is 9.84 Å². The van der Waals surface area contributed by atoms with Gasteiger partial charge in [0.15, 0.2) is 0 Å². The Bertz CT molecular complexity index is 326. The number of nitrogens with one attached hydrogen (secondary N) is 1. The highest BCUT2D eigenvalue weighted by molar-refractivity contribution is 5.33. The molecule has 1 atom stereocenters. The smallest absolute Gasteiger partial charge is 0.123 e. The molecule has 17 heavy (non-hydrogen) atoms. The fourth-order valence-corrected chi connectivity index (χ4v) is 1.89. The molecule has 0 bridgehead atoms. The van der Waals surface area contributed by atoms with Crippen molar-refractivity contribution in [3.8, 4) is 5.75 Å². The van der Waals surface area contributed by atoms with E-state index in [9.17, 15) is 5.11 Å². The molecule has 0 radical (unpaired) electrons. The fraction of sp³-hybridized carbons (Fsp3) is 0.571. The quantitative estimate of drug-likeness (QED) is 0.764. The van der Waals surface area contributed by atoms with Gasteiger partial charge in [-0.15, -0.1) is 0 Å². The molecule has 0 aromatic heterocycles. The number of hydrogen-bond acceptors (Lipinski definition) is 3. The molecule has 0 aliphatic heterocycles. The molecule has 1 aromatic rings. The van der Waals surface area contributed by atoms with Gasteiger partial charge in [-0.1, -0.05) is 32.0 Å². The van der Waals surface area contributed by atoms with E-state index in [1.165, 1.54) is 0 Å². The minimum atomic E-state index is 0.153. The first-order valence-electron chi connectivity index (χ1n) is 6.13. The van der Waals surface area contributed by atoms with Crippen molar-refractivity contribution >= 4 is 0 Å². The van der Waals surface area contributed by atoms with Crippen molar-refractivity contribution in [2.75, 3.05) is 13.7 Å². The summed E-state index contributed by atoms with van der Waals surface area (Å²) >= 11 is 0. The van der Waals surface area contributed by atoms with Gasteiger partial charge < -0.3 is 15.2 Å². The molecule has 96 valence electrons. The third kappa shape index (κ3) is 4.75. The second kappa shape index (κ2) is 7.30. The normalized spacial score (nSPS) is 12.8. The minimum absolute atomic E-state index is 0.153. The Morgan fingerprint density at radius 2 is 2.00 bits per heavy atom. The Labute approximate surface area is 104 Å². The molecule has 0 aliphatic carbocycles. The molecule has 1 aromatic carbocycles. The number of rotatable bonds is 7. The van der Waals surface area contributed by atoms with Crippen molar-refractivity contribution in [3.05, 3.63) is 29.8 Å². The van der Waals surface area contributed by atoms with Gasteiger partial charge in [-0.05, 0) is 18.4 Å². The minimum Gasteiger partial charge on any atom is -0.496 e. The molecular formula is C14H23NO2. The van der Waals surface area contributed by atoms with Crippen LogP contribution in [0.4, 0.5) is 0 Å². The number of benzene rings is 1. The molecule has 0 fully saturated rings. The van der Waals surface area contributed by atoms with E-state index in [2.05, 4.69) is 19.2 Å². The van der Waals surface area contributed by atoms with Crippen LogP contribution in [0.5, 0.6) is 5.75 Å². The van der Waals surface area contributed by atoms with E-state index in [-0.39, 0.29) is 12.6 Å². The van der Waals surface area contributed by atoms with Crippen LogP contribution in [-0.4, -0.2) is 24.9 Å². The zero-order valence-electron chi connectivity index (χ0n) is 10.9. The summed E-state index contributed by atoms with van der Waals surface area (Å²) in [7, 11) is 1.68. The van der Waals surface area contributed by atoms with Crippen LogP contribution in [0.1, 0.15) is 25.8 Å². The first-order valence-corrected chi connectivity index (χ1v) is 6.13. The van der Waals surface area contributed by atoms with E-state index in [0.717, 1.165) is 24.3 Å². The maximum atomic E-state index is 9.29. The summed E-state index contributed by atoms with van der Waals surface area (Å²) in [5, 5.41) is 12.6. The maximum Gasteiger partial charge on any atom is 0.123 e. The molecule has 1 rings (SSSR count). The summed E-state index contributed by atoms with van der Waals surface area (Å²) in [6, 6.07) is 8.10. The molecule has 0 saturated heterocycles. The van der Waals surface area contributed by atoms with Crippen LogP contribution >= 0.6 is 0 Å². The summed E-state index contributed by atoms with van der Waals surface area (Å²) < 4.78 is 5.29. The molecule has 0 heterocycles. The van der Waals surface area contributed by atoms with Gasteiger partial charge in [-0.2, -0.15) is 0 Å². The lowest BCUT2D eigenvalue weighted by atomic mass is 10.0. The van der Waals surface area contributed by atoms with E-state index in [0.29, 0.717) is 5.92 Å². The largest absolute Gasteiger partial charge is 0.496 e. The summed E-state index contributed by atoms with van der Waals surface area (Å²) in [5.41, 5.74) is 1.12. The third-order valence-corrected chi connectivity index (χ3v) is 2.75. The lowest BCUT2D eigenvalue weighted by molar-refractivity contribution is 0.223. The van der Waals surface area contributed by atoms with E-state index >= 15 is 0 Å². The molecule has 1 unspecified atom stereocenters. The Hall–Kier alpha value is -1.06. The van der Waals surface area contributed by atoms with Gasteiger partial charge in [0.05, 0.1) is 13.7 Å². The van der Waals surface area contributed by atoms with Crippen molar-refractivity contribution in [2.24, 2.45) is 5.92 Å². The van der Waals surface area contributed by atoms with Gasteiger partial charge in [-0.3, -0.25) is 0 Å². The average Bonchev–Trinajstić information content (AvgIpc) is 2.34. The summed E-state index contributed by atoms with van der Waals surface area (Å²) in [4.78, 5) is 0. The number of aliphatic hydroxyl groups excluding tert-OH is 1. The lowest BCUT2D eigenvalue weighted by Crippen LogP contribution is -2.33. The highest BCUT2D eigenvalue weighted by Crippen LogP contribution is 2.17. The fourth-order valence-electron chi connectivity index (χ4n) is 1.89. The van der Waals surface area contributed by atoms with Gasteiger partial charge in [-0.25, -0.2) is 0 Å². The van der Waals surface area contributed by atoms with Crippen molar-refractivity contribution in [1.29, 1.82) is 0 Å². The second-order valence-electron chi connectivity index (χ2n) is 4.70. The van der Waals surface area contributed by atoms with Crippen molar-refractivity contribution in [3.63, 3.8) is 0 Å². The summed E-state index contributed by atoms with van der Waals surface area (Å²) in [5.74, 6) is 1.47. The van der Waals surface area contributed by atoms with Gasteiger partial charge in [0.1, 0.15) is 5.75 Å². The number of hydrogen-bond donors (Lipinski definition) is 2. The van der Waals surface area contributed by atoms with E-state index in [1.807, 2.05) is 24.3 Å². The molecule has 0 amide bonds. The SMILES string of the molecule is COc1ccccc1CNC(CO)CC(C)C. The third-order valence-electron chi connectivity index (χ3n) is 2.75. The van der Waals surface area contributed by atoms with Crippen LogP contribution in [0.15, 0.2) is 24.3 Å². The van der Waals surface area contributed by atoms with Crippen LogP contribution in [0.3, 0.4) is 0 Å². The number of methoxy groups -OCH3 is 1. The predicted molar refractivity (Wildman–Crippen MR) is 70.2 cm³/mol. The van der Waals surface area contributed by atoms with Gasteiger partial charge >= 0.3 is 0 Å². The first-order chi connectivity index (χ1) is 8.17. The highest BCUT2D eigenvalue weighted by Gasteiger charge is 2.10. The summed E-state index contributed by atoms with van der Waals surface area (Å²) in [6.45, 7) is 5.22. The molecule has 0 aliphatic rings. The van der Waals surface area contributed by atoms with Crippen molar-refractivity contribution in [1.82, 2.24) is 5.32 Å². The zero-order chi connectivity index (χ0) is 12.7. The van der Waals surface area contributed by atoms with Crippen LogP contribution in [0.25, 0.3) is 0 Å². The average molecular weight is 237 g/mol. The van der Waals surface area contributed by atoms with Crippen molar-refractivity contribution in [2.45, 2.75) is 32.9 Å². The monoisotopic (exact) mass is 237 g/mol. The van der Waals surface area contributed by atoms with Gasteiger partial charge in [0.2, 0.25) is 0 Å². The van der Waals surface area contributed by atoms with Crippen LogP contribution in [0, 0.1) is 5.92 Å². The number of ether oxygens (including phenoxy) is 1. The molecular weight excluding hydrogens is 214 g/mol. The molecule has 2 N–H and O–H groups in total. The lowest BCUT2D eigenvalue weighted by Gasteiger charge is -2.19. The Balaban J connectivity index is 2.53. The van der Waals surface area contributed by atoms with Crippen LogP contribution in [-0.2, 0) is 6.54 Å². The molecule has 3 nitrogen and oxygen atoms in total. The van der Waals surface area contributed by atoms with Crippen LogP contribution < -0.4 is 10.1 Å². The second-order valence-corrected chi connectivity index (χ2v) is 4.70. The Kier molecular flexibility index (Phi) is 6.01. The van der Waals surface area contributed by atoms with E-state index < -0.39 is 0 Å². The van der Waals surface area contributed by atoms with Crippen LogP contribution in [0.2, 0.25) is 0 Å².